The minimum Gasteiger partial charge on any atom is -0.462 e. The number of allylic oxidation sites excluding steroid dienone is 3. The van der Waals surface area contributed by atoms with E-state index in [2.05, 4.69) is 39.8 Å². The van der Waals surface area contributed by atoms with Crippen molar-refractivity contribution in [2.75, 3.05) is 6.61 Å². The summed E-state index contributed by atoms with van der Waals surface area (Å²) in [6.07, 6.45) is 11.3. The van der Waals surface area contributed by atoms with Gasteiger partial charge in [0.1, 0.15) is 0 Å². The van der Waals surface area contributed by atoms with Gasteiger partial charge in [-0.15, -0.1) is 0 Å². The molecule has 0 aromatic carbocycles. The van der Waals surface area contributed by atoms with Crippen LogP contribution in [0.3, 0.4) is 0 Å². The highest BCUT2D eigenvalue weighted by Crippen LogP contribution is 2.28. The second kappa shape index (κ2) is 11.2. The molecule has 0 aromatic heterocycles. The van der Waals surface area contributed by atoms with Crippen LogP contribution in [0.1, 0.15) is 79.1 Å². The third-order valence-electron chi connectivity index (χ3n) is 4.48. The average Bonchev–Trinajstić information content (AvgIpc) is 2.88. The molecule has 0 spiro atoms. The smallest absolute Gasteiger partial charge is 0.334 e. The minimum atomic E-state index is -0.266. The maximum absolute atomic E-state index is 12.3. The van der Waals surface area contributed by atoms with E-state index in [9.17, 15) is 9.59 Å². The molecule has 0 N–H and O–H groups in total. The fourth-order valence-corrected chi connectivity index (χ4v) is 2.92. The molecular weight excluding hydrogens is 300 g/mol. The molecule has 1 atom stereocenters. The van der Waals surface area contributed by atoms with Crippen LogP contribution in [0.25, 0.3) is 0 Å². The van der Waals surface area contributed by atoms with Gasteiger partial charge < -0.3 is 4.74 Å². The lowest BCUT2D eigenvalue weighted by Gasteiger charge is -2.11. The Morgan fingerprint density at radius 3 is 2.62 bits per heavy atom. The van der Waals surface area contributed by atoms with Crippen molar-refractivity contribution >= 4 is 11.8 Å². The zero-order valence-electron chi connectivity index (χ0n) is 15.9. The maximum atomic E-state index is 12.3. The number of Topliss-reactive ketones (excluding diaryl/α,β-unsaturated/α-hetero) is 1. The number of rotatable bonds is 11. The second-order valence-corrected chi connectivity index (χ2v) is 7.28. The Labute approximate surface area is 147 Å². The standard InChI is InChI=1S/C21H34O3/c1-5-6-7-11-18-19(12-13-20(18)22)21(23)24-15-14-17(4)10-8-9-16(2)3/h8-9,16-17H,5-7,10-15H2,1-4H3/b9-8+. The van der Waals surface area contributed by atoms with Crippen LogP contribution in [0, 0.1) is 11.8 Å². The van der Waals surface area contributed by atoms with Crippen molar-refractivity contribution in [2.45, 2.75) is 79.1 Å². The summed E-state index contributed by atoms with van der Waals surface area (Å²) in [5.41, 5.74) is 1.38. The Kier molecular flexibility index (Phi) is 9.66. The summed E-state index contributed by atoms with van der Waals surface area (Å²) in [5.74, 6) is 0.950. The molecular formula is C21H34O3. The van der Waals surface area contributed by atoms with Crippen molar-refractivity contribution in [1.29, 1.82) is 0 Å². The number of hydrogen-bond acceptors (Lipinski definition) is 3. The molecule has 1 aliphatic rings. The first-order valence-electron chi connectivity index (χ1n) is 9.54. The van der Waals surface area contributed by atoms with Crippen molar-refractivity contribution in [3.05, 3.63) is 23.3 Å². The van der Waals surface area contributed by atoms with Crippen LogP contribution in [-0.2, 0) is 14.3 Å². The zero-order chi connectivity index (χ0) is 17.9. The topological polar surface area (TPSA) is 43.4 Å². The molecule has 136 valence electrons. The number of ketones is 1. The van der Waals surface area contributed by atoms with Gasteiger partial charge in [-0.25, -0.2) is 4.79 Å². The van der Waals surface area contributed by atoms with Crippen LogP contribution in [0.2, 0.25) is 0 Å². The summed E-state index contributed by atoms with van der Waals surface area (Å²) in [4.78, 5) is 24.2. The van der Waals surface area contributed by atoms with E-state index < -0.39 is 0 Å². The largest absolute Gasteiger partial charge is 0.462 e. The number of esters is 1. The Morgan fingerprint density at radius 1 is 1.21 bits per heavy atom. The first-order chi connectivity index (χ1) is 11.5. The van der Waals surface area contributed by atoms with Gasteiger partial charge in [0.05, 0.1) is 6.61 Å². The summed E-state index contributed by atoms with van der Waals surface area (Å²) in [5, 5.41) is 0. The van der Waals surface area contributed by atoms with E-state index in [1.807, 2.05) is 0 Å². The summed E-state index contributed by atoms with van der Waals surface area (Å²) >= 11 is 0. The summed E-state index contributed by atoms with van der Waals surface area (Å²) in [6, 6.07) is 0. The van der Waals surface area contributed by atoms with E-state index in [-0.39, 0.29) is 11.8 Å². The maximum Gasteiger partial charge on any atom is 0.334 e. The van der Waals surface area contributed by atoms with Crippen molar-refractivity contribution in [2.24, 2.45) is 11.8 Å². The molecule has 3 heteroatoms. The number of carbonyl (C=O) groups excluding carboxylic acids is 2. The average molecular weight is 335 g/mol. The van der Waals surface area contributed by atoms with E-state index >= 15 is 0 Å². The molecule has 0 amide bonds. The number of unbranched alkanes of at least 4 members (excludes halogenated alkanes) is 2. The summed E-state index contributed by atoms with van der Waals surface area (Å²) in [6.45, 7) is 9.08. The summed E-state index contributed by atoms with van der Waals surface area (Å²) in [7, 11) is 0. The Bertz CT molecular complexity index is 471. The van der Waals surface area contributed by atoms with Gasteiger partial charge in [0, 0.05) is 17.6 Å². The molecule has 3 nitrogen and oxygen atoms in total. The molecule has 24 heavy (non-hydrogen) atoms. The van der Waals surface area contributed by atoms with Crippen molar-refractivity contribution in [3.8, 4) is 0 Å². The molecule has 0 fully saturated rings. The van der Waals surface area contributed by atoms with Crippen LogP contribution in [-0.4, -0.2) is 18.4 Å². The number of carbonyl (C=O) groups is 2. The predicted octanol–water partition coefficient (Wildman–Crippen LogP) is 5.40. The van der Waals surface area contributed by atoms with Gasteiger partial charge in [-0.3, -0.25) is 4.79 Å². The van der Waals surface area contributed by atoms with Gasteiger partial charge in [0.25, 0.3) is 0 Å². The highest BCUT2D eigenvalue weighted by Gasteiger charge is 2.27. The third-order valence-corrected chi connectivity index (χ3v) is 4.48. The predicted molar refractivity (Wildman–Crippen MR) is 98.7 cm³/mol. The van der Waals surface area contributed by atoms with E-state index in [1.54, 1.807) is 0 Å². The van der Waals surface area contributed by atoms with Gasteiger partial charge in [0.2, 0.25) is 0 Å². The first-order valence-corrected chi connectivity index (χ1v) is 9.54. The Hall–Kier alpha value is -1.38. The van der Waals surface area contributed by atoms with Gasteiger partial charge >= 0.3 is 5.97 Å². The molecule has 0 bridgehead atoms. The number of hydrogen-bond donors (Lipinski definition) is 0. The van der Waals surface area contributed by atoms with Crippen molar-refractivity contribution in [3.63, 3.8) is 0 Å². The van der Waals surface area contributed by atoms with Crippen molar-refractivity contribution < 1.29 is 14.3 Å². The highest BCUT2D eigenvalue weighted by atomic mass is 16.5. The molecule has 1 aliphatic carbocycles. The molecule has 0 heterocycles. The fourth-order valence-electron chi connectivity index (χ4n) is 2.92. The molecule has 0 aliphatic heterocycles. The lowest BCUT2D eigenvalue weighted by molar-refractivity contribution is -0.139. The molecule has 0 radical (unpaired) electrons. The van der Waals surface area contributed by atoms with Crippen LogP contribution in [0.15, 0.2) is 23.3 Å². The molecule has 1 rings (SSSR count). The Morgan fingerprint density at radius 2 is 1.96 bits per heavy atom. The van der Waals surface area contributed by atoms with Gasteiger partial charge in [0.15, 0.2) is 5.78 Å². The van der Waals surface area contributed by atoms with Gasteiger partial charge in [-0.2, -0.15) is 0 Å². The van der Waals surface area contributed by atoms with Crippen LogP contribution >= 0.6 is 0 Å². The molecule has 0 aromatic rings. The second-order valence-electron chi connectivity index (χ2n) is 7.28. The minimum absolute atomic E-state index is 0.144. The van der Waals surface area contributed by atoms with Gasteiger partial charge in [-0.05, 0) is 43.9 Å². The molecule has 0 saturated carbocycles. The zero-order valence-corrected chi connectivity index (χ0v) is 15.9. The normalized spacial score (nSPS) is 16.5. The quantitative estimate of drug-likeness (QED) is 0.289. The molecule has 1 unspecified atom stereocenters. The van der Waals surface area contributed by atoms with E-state index in [0.29, 0.717) is 36.9 Å². The van der Waals surface area contributed by atoms with Gasteiger partial charge in [-0.1, -0.05) is 52.7 Å². The Balaban J connectivity index is 2.41. The SMILES string of the molecule is CCCCCC1=C(C(=O)OCCC(C)C/C=C/C(C)C)CCC1=O. The monoisotopic (exact) mass is 334 g/mol. The number of ether oxygens (including phenoxy) is 1. The third kappa shape index (κ3) is 7.46. The van der Waals surface area contributed by atoms with E-state index in [4.69, 9.17) is 4.74 Å². The van der Waals surface area contributed by atoms with Crippen molar-refractivity contribution in [1.82, 2.24) is 0 Å². The van der Waals surface area contributed by atoms with Crippen LogP contribution in [0.4, 0.5) is 0 Å². The van der Waals surface area contributed by atoms with E-state index in [1.165, 1.54) is 0 Å². The highest BCUT2D eigenvalue weighted by molar-refractivity contribution is 6.07. The fraction of sp³-hybridized carbons (Fsp3) is 0.714. The van der Waals surface area contributed by atoms with E-state index in [0.717, 1.165) is 44.1 Å². The first kappa shape index (κ1) is 20.7. The summed E-state index contributed by atoms with van der Waals surface area (Å²) < 4.78 is 5.44. The van der Waals surface area contributed by atoms with Crippen LogP contribution in [0.5, 0.6) is 0 Å². The lowest BCUT2D eigenvalue weighted by Crippen LogP contribution is -2.11. The van der Waals surface area contributed by atoms with Crippen LogP contribution < -0.4 is 0 Å². The molecule has 0 saturated heterocycles. The lowest BCUT2D eigenvalue weighted by atomic mass is 10.0.